The normalized spacial score (nSPS) is 12.0. The van der Waals surface area contributed by atoms with Gasteiger partial charge in [-0.15, -0.1) is 0 Å². The van der Waals surface area contributed by atoms with E-state index < -0.39 is 11.1 Å². The van der Waals surface area contributed by atoms with Gasteiger partial charge < -0.3 is 28.9 Å². The quantitative estimate of drug-likeness (QED) is 0.622. The van der Waals surface area contributed by atoms with Gasteiger partial charge in [0, 0.05) is 0 Å². The first-order chi connectivity index (χ1) is 14.5. The van der Waals surface area contributed by atoms with Gasteiger partial charge in [-0.2, -0.15) is 0 Å². The topological polar surface area (TPSA) is 103 Å². The summed E-state index contributed by atoms with van der Waals surface area (Å²) in [5, 5.41) is 0.244. The lowest BCUT2D eigenvalue weighted by molar-refractivity contribution is 0.355. The van der Waals surface area contributed by atoms with Crippen molar-refractivity contribution in [1.82, 2.24) is 9.97 Å². The van der Waals surface area contributed by atoms with Crippen molar-refractivity contribution >= 4 is 12.2 Å². The van der Waals surface area contributed by atoms with E-state index in [1.54, 1.807) is 48.6 Å². The first kappa shape index (κ1) is 20.8. The number of methoxy groups -OCH3 is 4. The molecule has 1 heterocycles. The Morgan fingerprint density at radius 1 is 0.600 bits per heavy atom. The van der Waals surface area contributed by atoms with Crippen LogP contribution in [0.2, 0.25) is 0 Å². The van der Waals surface area contributed by atoms with E-state index in [1.165, 1.54) is 28.4 Å². The molecule has 0 aliphatic heterocycles. The molecule has 0 saturated carbocycles. The van der Waals surface area contributed by atoms with Crippen molar-refractivity contribution in [2.45, 2.75) is 0 Å². The van der Waals surface area contributed by atoms with Crippen molar-refractivity contribution in [3.05, 3.63) is 78.9 Å². The predicted octanol–water partition coefficient (Wildman–Crippen LogP) is 0.755. The zero-order valence-electron chi connectivity index (χ0n) is 17.1. The lowest BCUT2D eigenvalue weighted by atomic mass is 10.2. The number of nitrogens with one attached hydrogen (secondary N) is 2. The predicted molar refractivity (Wildman–Crippen MR) is 113 cm³/mol. The van der Waals surface area contributed by atoms with Crippen LogP contribution in [-0.2, 0) is 0 Å². The summed E-state index contributed by atoms with van der Waals surface area (Å²) < 4.78 is 20.9. The Bertz CT molecular complexity index is 1190. The average molecular weight is 410 g/mol. The standard InChI is InChI=1S/C22H22N2O6/c1-27-17-7-5-13(11-19(17)29-3)9-15-21(25)24-16(22(26)23-15)10-14-6-8-18(28-2)20(12-14)30-4/h5-12H,1-4H3,(H,23,26)(H,24,25)/b15-9+,16-10+. The SMILES string of the molecule is COc1ccc(/C=c2/[nH]c(=O)/c(=C\c3ccc(OC)c(OC)c3)[nH]c2=O)cc1OC. The van der Waals surface area contributed by atoms with Crippen LogP contribution >= 0.6 is 0 Å². The van der Waals surface area contributed by atoms with Crippen LogP contribution in [0.15, 0.2) is 46.0 Å². The van der Waals surface area contributed by atoms with Crippen molar-refractivity contribution < 1.29 is 18.9 Å². The van der Waals surface area contributed by atoms with E-state index in [-0.39, 0.29) is 10.7 Å². The van der Waals surface area contributed by atoms with Crippen LogP contribution in [0.1, 0.15) is 11.1 Å². The summed E-state index contributed by atoms with van der Waals surface area (Å²) in [6, 6.07) is 10.4. The molecule has 8 nitrogen and oxygen atoms in total. The van der Waals surface area contributed by atoms with Gasteiger partial charge in [0.2, 0.25) is 0 Å². The van der Waals surface area contributed by atoms with Crippen LogP contribution in [-0.4, -0.2) is 38.4 Å². The van der Waals surface area contributed by atoms with Gasteiger partial charge >= 0.3 is 0 Å². The highest BCUT2D eigenvalue weighted by molar-refractivity contribution is 5.56. The maximum absolute atomic E-state index is 12.5. The Kier molecular flexibility index (Phi) is 6.26. The van der Waals surface area contributed by atoms with E-state index in [2.05, 4.69) is 9.97 Å². The highest BCUT2D eigenvalue weighted by Gasteiger charge is 2.05. The highest BCUT2D eigenvalue weighted by atomic mass is 16.5. The third-order valence-corrected chi connectivity index (χ3v) is 4.42. The molecule has 0 radical (unpaired) electrons. The van der Waals surface area contributed by atoms with Crippen molar-refractivity contribution in [2.24, 2.45) is 0 Å². The number of ether oxygens (including phenoxy) is 4. The lowest BCUT2D eigenvalue weighted by Crippen LogP contribution is -2.46. The molecule has 30 heavy (non-hydrogen) atoms. The van der Waals surface area contributed by atoms with E-state index in [0.717, 1.165) is 0 Å². The molecule has 2 N–H and O–H groups in total. The van der Waals surface area contributed by atoms with Gasteiger partial charge in [-0.05, 0) is 47.5 Å². The molecule has 0 saturated heterocycles. The molecule has 0 fully saturated rings. The molecule has 156 valence electrons. The summed E-state index contributed by atoms with van der Waals surface area (Å²) in [5.74, 6) is 2.17. The molecular formula is C22H22N2O6. The molecule has 3 aromatic rings. The summed E-state index contributed by atoms with van der Waals surface area (Å²) in [7, 11) is 6.12. The van der Waals surface area contributed by atoms with Gasteiger partial charge in [-0.1, -0.05) is 12.1 Å². The van der Waals surface area contributed by atoms with Crippen LogP contribution in [0.3, 0.4) is 0 Å². The smallest absolute Gasteiger partial charge is 0.272 e. The van der Waals surface area contributed by atoms with Gasteiger partial charge in [-0.3, -0.25) is 9.59 Å². The highest BCUT2D eigenvalue weighted by Crippen LogP contribution is 2.28. The minimum Gasteiger partial charge on any atom is -0.493 e. The average Bonchev–Trinajstić information content (AvgIpc) is 2.76. The Morgan fingerprint density at radius 3 is 1.30 bits per heavy atom. The summed E-state index contributed by atoms with van der Waals surface area (Å²) in [6.45, 7) is 0. The number of hydrogen-bond donors (Lipinski definition) is 2. The van der Waals surface area contributed by atoms with Gasteiger partial charge in [-0.25, -0.2) is 0 Å². The first-order valence-electron chi connectivity index (χ1n) is 8.99. The minimum atomic E-state index is -0.434. The third-order valence-electron chi connectivity index (χ3n) is 4.42. The molecule has 2 aromatic carbocycles. The Balaban J connectivity index is 2.06. The Morgan fingerprint density at radius 2 is 0.967 bits per heavy atom. The van der Waals surface area contributed by atoms with Crippen molar-refractivity contribution in [3.8, 4) is 23.0 Å². The number of benzene rings is 2. The van der Waals surface area contributed by atoms with E-state index in [1.807, 2.05) is 0 Å². The molecule has 0 bridgehead atoms. The molecule has 3 rings (SSSR count). The second kappa shape index (κ2) is 9.04. The minimum absolute atomic E-state index is 0.122. The van der Waals surface area contributed by atoms with Crippen LogP contribution in [0.25, 0.3) is 12.2 Å². The fourth-order valence-corrected chi connectivity index (χ4v) is 2.91. The summed E-state index contributed by atoms with van der Waals surface area (Å²) in [6.07, 6.45) is 3.12. The molecule has 0 amide bonds. The van der Waals surface area contributed by atoms with Crippen LogP contribution < -0.4 is 40.8 Å². The van der Waals surface area contributed by atoms with Gasteiger partial charge in [0.25, 0.3) is 11.1 Å². The molecular weight excluding hydrogens is 388 g/mol. The van der Waals surface area contributed by atoms with E-state index in [4.69, 9.17) is 18.9 Å². The summed E-state index contributed by atoms with van der Waals surface area (Å²) >= 11 is 0. The van der Waals surface area contributed by atoms with Crippen LogP contribution in [0, 0.1) is 0 Å². The van der Waals surface area contributed by atoms with Gasteiger partial charge in [0.15, 0.2) is 23.0 Å². The van der Waals surface area contributed by atoms with Crippen LogP contribution in [0.4, 0.5) is 0 Å². The number of H-pyrrole nitrogens is 2. The second-order valence-electron chi connectivity index (χ2n) is 6.25. The second-order valence-corrected chi connectivity index (χ2v) is 6.25. The molecule has 0 atom stereocenters. The van der Waals surface area contributed by atoms with Crippen LogP contribution in [0.5, 0.6) is 23.0 Å². The zero-order valence-corrected chi connectivity index (χ0v) is 17.1. The van der Waals surface area contributed by atoms with Crippen molar-refractivity contribution in [2.75, 3.05) is 28.4 Å². The Labute approximate surface area is 172 Å². The van der Waals surface area contributed by atoms with Gasteiger partial charge in [0.1, 0.15) is 10.7 Å². The van der Waals surface area contributed by atoms with E-state index in [9.17, 15) is 9.59 Å². The largest absolute Gasteiger partial charge is 0.493 e. The third kappa shape index (κ3) is 4.38. The van der Waals surface area contributed by atoms with Crippen molar-refractivity contribution in [3.63, 3.8) is 0 Å². The maximum atomic E-state index is 12.5. The number of aromatic amines is 2. The maximum Gasteiger partial charge on any atom is 0.272 e. The molecule has 0 aliphatic carbocycles. The monoisotopic (exact) mass is 410 g/mol. The molecule has 0 unspecified atom stereocenters. The molecule has 8 heteroatoms. The number of hydrogen-bond acceptors (Lipinski definition) is 6. The number of aromatic nitrogens is 2. The fraction of sp³-hybridized carbons (Fsp3) is 0.182. The van der Waals surface area contributed by atoms with Gasteiger partial charge in [0.05, 0.1) is 28.4 Å². The first-order valence-corrected chi connectivity index (χ1v) is 8.99. The fourth-order valence-electron chi connectivity index (χ4n) is 2.91. The lowest BCUT2D eigenvalue weighted by Gasteiger charge is -2.07. The molecule has 0 spiro atoms. The molecule has 1 aromatic heterocycles. The molecule has 0 aliphatic rings. The summed E-state index contributed by atoms with van der Waals surface area (Å²) in [4.78, 5) is 30.3. The summed E-state index contributed by atoms with van der Waals surface area (Å²) in [5.41, 5.74) is 0.475. The van der Waals surface area contributed by atoms with E-state index >= 15 is 0 Å². The Hall–Kier alpha value is -3.94. The number of rotatable bonds is 6. The van der Waals surface area contributed by atoms with Crippen molar-refractivity contribution in [1.29, 1.82) is 0 Å². The zero-order chi connectivity index (χ0) is 21.7. The van der Waals surface area contributed by atoms with E-state index in [0.29, 0.717) is 34.1 Å².